The molecule has 0 aliphatic heterocycles. The van der Waals surface area contributed by atoms with Crippen molar-refractivity contribution in [3.05, 3.63) is 36.9 Å². The highest BCUT2D eigenvalue weighted by Crippen LogP contribution is 2.09. The van der Waals surface area contributed by atoms with Crippen LogP contribution in [-0.4, -0.2) is 7.11 Å². The number of hydrogen-bond acceptors (Lipinski definition) is 2. The number of ether oxygens (including phenoxy) is 1. The van der Waals surface area contributed by atoms with E-state index in [2.05, 4.69) is 12.4 Å². The third-order valence-corrected chi connectivity index (χ3v) is 1.49. The topological polar surface area (TPSA) is 24.8 Å². The molecule has 0 heterocycles. The maximum absolute atomic E-state index is 5.01. The summed E-state index contributed by atoms with van der Waals surface area (Å²) in [7, 11) is 5.20. The third-order valence-electron chi connectivity index (χ3n) is 1.49. The van der Waals surface area contributed by atoms with Gasteiger partial charge >= 0.3 is 0 Å². The van der Waals surface area contributed by atoms with Gasteiger partial charge in [0.15, 0.2) is 0 Å². The van der Waals surface area contributed by atoms with Crippen molar-refractivity contribution in [2.75, 3.05) is 7.11 Å². The lowest BCUT2D eigenvalue weighted by Gasteiger charge is -2.00. The summed E-state index contributed by atoms with van der Waals surface area (Å²) in [5.41, 5.74) is 1.21. The predicted molar refractivity (Wildman–Crippen MR) is 43.0 cm³/mol. The zero-order chi connectivity index (χ0) is 8.10. The van der Waals surface area contributed by atoms with Crippen LogP contribution in [0.4, 0.5) is 0 Å². The molecule has 2 nitrogen and oxygen atoms in total. The summed E-state index contributed by atoms with van der Waals surface area (Å²) < 4.78 is 5.01. The lowest BCUT2D eigenvalue weighted by atomic mass is 10.2. The van der Waals surface area contributed by atoms with E-state index in [9.17, 15) is 0 Å². The van der Waals surface area contributed by atoms with Gasteiger partial charge < -0.3 is 10.1 Å². The minimum atomic E-state index is 0.796. The molecule has 0 aliphatic rings. The molecular formula is C9H12NO. The maximum atomic E-state index is 5.01. The van der Waals surface area contributed by atoms with Crippen LogP contribution in [-0.2, 0) is 6.54 Å². The largest absolute Gasteiger partial charge is 0.497 e. The van der Waals surface area contributed by atoms with E-state index in [4.69, 9.17) is 4.74 Å². The van der Waals surface area contributed by atoms with Crippen molar-refractivity contribution in [2.24, 2.45) is 0 Å². The number of benzene rings is 1. The Bertz CT molecular complexity index is 205. The molecule has 2 heteroatoms. The maximum Gasteiger partial charge on any atom is 0.118 e. The zero-order valence-corrected chi connectivity index (χ0v) is 6.63. The Hall–Kier alpha value is -1.02. The molecule has 1 radical (unpaired) electrons. The number of nitrogens with one attached hydrogen (secondary N) is 1. The average molecular weight is 150 g/mol. The molecule has 0 saturated carbocycles. The highest BCUT2D eigenvalue weighted by molar-refractivity contribution is 5.26. The molecule has 0 spiro atoms. The molecule has 59 valence electrons. The van der Waals surface area contributed by atoms with Crippen LogP contribution in [0.15, 0.2) is 24.3 Å². The van der Waals surface area contributed by atoms with Crippen molar-refractivity contribution in [2.45, 2.75) is 6.54 Å². The number of methoxy groups -OCH3 is 1. The van der Waals surface area contributed by atoms with E-state index in [1.165, 1.54) is 5.56 Å². The van der Waals surface area contributed by atoms with Gasteiger partial charge in [-0.25, -0.2) is 0 Å². The Kier molecular flexibility index (Phi) is 2.93. The molecule has 0 aromatic heterocycles. The minimum Gasteiger partial charge on any atom is -0.497 e. The summed E-state index contributed by atoms with van der Waals surface area (Å²) in [5.74, 6) is 0.887. The average Bonchev–Trinajstić information content (AvgIpc) is 2.07. The molecule has 0 aliphatic carbocycles. The van der Waals surface area contributed by atoms with Gasteiger partial charge in [0.25, 0.3) is 0 Å². The van der Waals surface area contributed by atoms with Gasteiger partial charge in [-0.1, -0.05) is 0 Å². The van der Waals surface area contributed by atoms with Gasteiger partial charge in [0.2, 0.25) is 0 Å². The van der Waals surface area contributed by atoms with Crippen LogP contribution in [0, 0.1) is 7.05 Å². The monoisotopic (exact) mass is 150 g/mol. The Balaban J connectivity index is 2.66. The molecule has 0 atom stereocenters. The van der Waals surface area contributed by atoms with Crippen LogP contribution >= 0.6 is 0 Å². The predicted octanol–water partition coefficient (Wildman–Crippen LogP) is 0.336. The Morgan fingerprint density at radius 1 is 1.36 bits per heavy atom. The first-order valence-electron chi connectivity index (χ1n) is 3.49. The van der Waals surface area contributed by atoms with Crippen LogP contribution < -0.4 is 10.1 Å². The van der Waals surface area contributed by atoms with Gasteiger partial charge in [-0.2, -0.15) is 0 Å². The van der Waals surface area contributed by atoms with Gasteiger partial charge in [0.1, 0.15) is 12.3 Å². The molecule has 1 aromatic carbocycles. The molecular weight excluding hydrogens is 138 g/mol. The molecule has 0 amide bonds. The van der Waals surface area contributed by atoms with Crippen LogP contribution in [0.1, 0.15) is 5.56 Å². The molecule has 0 fully saturated rings. The van der Waals surface area contributed by atoms with Gasteiger partial charge in [-0.15, -0.1) is 7.05 Å². The molecule has 0 saturated heterocycles. The summed E-state index contributed by atoms with van der Waals surface area (Å²) in [4.78, 5) is 0. The fraction of sp³-hybridized carbons (Fsp3) is 0.222. The standard InChI is InChI=1S/C9H12NO/c1-10-7-8-3-5-9(11-2)6-4-8/h3-6,10H,1,7H2,2H3. The third kappa shape index (κ3) is 2.24. The molecule has 0 bridgehead atoms. The Labute approximate surface area is 67.2 Å². The summed E-state index contributed by atoms with van der Waals surface area (Å²) in [6.45, 7) is 0.796. The fourth-order valence-electron chi connectivity index (χ4n) is 0.888. The highest BCUT2D eigenvalue weighted by Gasteiger charge is 1.93. The minimum absolute atomic E-state index is 0.796. The molecule has 0 unspecified atom stereocenters. The van der Waals surface area contributed by atoms with Crippen LogP contribution in [0.5, 0.6) is 5.75 Å². The summed E-state index contributed by atoms with van der Waals surface area (Å²) >= 11 is 0. The molecule has 11 heavy (non-hydrogen) atoms. The van der Waals surface area contributed by atoms with Gasteiger partial charge in [-0.05, 0) is 24.3 Å². The second-order valence-corrected chi connectivity index (χ2v) is 2.27. The van der Waals surface area contributed by atoms with Crippen molar-refractivity contribution in [3.63, 3.8) is 0 Å². The highest BCUT2D eigenvalue weighted by atomic mass is 16.5. The lowest BCUT2D eigenvalue weighted by molar-refractivity contribution is -0.612. The van der Waals surface area contributed by atoms with Crippen LogP contribution in [0.2, 0.25) is 0 Å². The fourth-order valence-corrected chi connectivity index (χ4v) is 0.888. The Morgan fingerprint density at radius 3 is 2.45 bits per heavy atom. The van der Waals surface area contributed by atoms with Crippen molar-refractivity contribution >= 4 is 0 Å². The zero-order valence-electron chi connectivity index (χ0n) is 6.63. The lowest BCUT2D eigenvalue weighted by Crippen LogP contribution is -2.74. The first-order valence-corrected chi connectivity index (χ1v) is 3.49. The van der Waals surface area contributed by atoms with Gasteiger partial charge in [0, 0.05) is 5.56 Å². The Morgan fingerprint density at radius 2 is 2.00 bits per heavy atom. The first-order chi connectivity index (χ1) is 5.36. The normalized spacial score (nSPS) is 9.64. The quantitative estimate of drug-likeness (QED) is 0.617. The van der Waals surface area contributed by atoms with E-state index in [-0.39, 0.29) is 0 Å². The van der Waals surface area contributed by atoms with Crippen LogP contribution in [0.3, 0.4) is 0 Å². The van der Waals surface area contributed by atoms with E-state index < -0.39 is 0 Å². The first kappa shape index (κ1) is 8.08. The van der Waals surface area contributed by atoms with Crippen LogP contribution in [0.25, 0.3) is 0 Å². The van der Waals surface area contributed by atoms with E-state index in [1.54, 1.807) is 7.11 Å². The molecule has 1 N–H and O–H groups in total. The molecule has 1 rings (SSSR count). The SMILES string of the molecule is [CH2-][NH+]Cc1ccc(OC)cc1. The van der Waals surface area contributed by atoms with Gasteiger partial charge in [0.05, 0.1) is 7.11 Å². The summed E-state index contributed by atoms with van der Waals surface area (Å²) in [5, 5.41) is 2.83. The molecule has 1 aromatic rings. The van der Waals surface area contributed by atoms with Gasteiger partial charge in [-0.3, -0.25) is 0 Å². The van der Waals surface area contributed by atoms with Crippen molar-refractivity contribution in [1.82, 2.24) is 0 Å². The van der Waals surface area contributed by atoms with Crippen molar-refractivity contribution in [3.8, 4) is 5.75 Å². The smallest absolute Gasteiger partial charge is 0.118 e. The van der Waals surface area contributed by atoms with E-state index in [0.717, 1.165) is 12.3 Å². The second kappa shape index (κ2) is 3.98. The van der Waals surface area contributed by atoms with Crippen molar-refractivity contribution in [1.29, 1.82) is 0 Å². The second-order valence-electron chi connectivity index (χ2n) is 2.27. The summed E-state index contributed by atoms with van der Waals surface area (Å²) in [6.07, 6.45) is 0. The van der Waals surface area contributed by atoms with Crippen molar-refractivity contribution < 1.29 is 10.1 Å². The summed E-state index contributed by atoms with van der Waals surface area (Å²) in [6, 6.07) is 7.90. The van der Waals surface area contributed by atoms with E-state index in [1.807, 2.05) is 24.3 Å². The number of rotatable bonds is 3. The van der Waals surface area contributed by atoms with E-state index >= 15 is 0 Å². The number of hydrogen-bond donors (Lipinski definition) is 1. The van der Waals surface area contributed by atoms with E-state index in [0.29, 0.717) is 0 Å².